The maximum absolute atomic E-state index is 13.5. The SMILES string of the molecule is CN(C(=O)c1ccno1)C1CCN(C[C@@H]2CCCN2C(=O)CN2CCC[C@H](NS(=O)(=O)c3cc4cc(Cl)ccc4s3)C2=O)C1. The molecule has 15 heteroatoms. The zero-order valence-electron chi connectivity index (χ0n) is 24.4. The van der Waals surface area contributed by atoms with Crippen LogP contribution in [0.1, 0.15) is 42.7 Å². The van der Waals surface area contributed by atoms with Crippen molar-refractivity contribution in [3.63, 3.8) is 0 Å². The number of sulfonamides is 1. The van der Waals surface area contributed by atoms with E-state index in [-0.39, 0.29) is 46.3 Å². The second-order valence-corrected chi connectivity index (χ2v) is 15.2. The van der Waals surface area contributed by atoms with Crippen LogP contribution in [-0.2, 0) is 19.6 Å². The van der Waals surface area contributed by atoms with Gasteiger partial charge in [0.2, 0.25) is 17.6 Å². The number of aromatic nitrogens is 1. The molecule has 0 aliphatic carbocycles. The van der Waals surface area contributed by atoms with Gasteiger partial charge >= 0.3 is 0 Å². The molecule has 1 aromatic carbocycles. The van der Waals surface area contributed by atoms with E-state index in [1.54, 1.807) is 42.3 Å². The third-order valence-corrected chi connectivity index (χ3v) is 12.1. The first-order valence-electron chi connectivity index (χ1n) is 14.8. The number of nitrogens with one attached hydrogen (secondary N) is 1. The maximum Gasteiger partial charge on any atom is 0.292 e. The summed E-state index contributed by atoms with van der Waals surface area (Å²) >= 11 is 7.18. The van der Waals surface area contributed by atoms with E-state index in [0.717, 1.165) is 47.2 Å². The van der Waals surface area contributed by atoms with E-state index in [1.165, 1.54) is 11.1 Å². The number of benzene rings is 1. The van der Waals surface area contributed by atoms with E-state index >= 15 is 0 Å². The Labute approximate surface area is 264 Å². The molecule has 3 saturated heterocycles. The molecule has 3 atom stereocenters. The molecule has 0 spiro atoms. The molecule has 5 heterocycles. The van der Waals surface area contributed by atoms with Crippen molar-refractivity contribution >= 4 is 60.8 Å². The number of hydrogen-bond donors (Lipinski definition) is 1. The minimum atomic E-state index is -3.94. The summed E-state index contributed by atoms with van der Waals surface area (Å²) in [5.74, 6) is -0.493. The monoisotopic (exact) mass is 662 g/mol. The molecule has 44 heavy (non-hydrogen) atoms. The van der Waals surface area contributed by atoms with Crippen molar-refractivity contribution in [3.8, 4) is 0 Å². The van der Waals surface area contributed by atoms with E-state index in [1.807, 2.05) is 4.90 Å². The Balaban J connectivity index is 1.03. The van der Waals surface area contributed by atoms with Gasteiger partial charge in [0.25, 0.3) is 15.9 Å². The number of carbonyl (C=O) groups is 3. The third kappa shape index (κ3) is 6.50. The van der Waals surface area contributed by atoms with Crippen molar-refractivity contribution in [1.82, 2.24) is 29.5 Å². The highest BCUT2D eigenvalue weighted by atomic mass is 35.5. The number of rotatable bonds is 9. The van der Waals surface area contributed by atoms with Gasteiger partial charge in [-0.15, -0.1) is 11.3 Å². The summed E-state index contributed by atoms with van der Waals surface area (Å²) in [5, 5.41) is 4.86. The van der Waals surface area contributed by atoms with Crippen LogP contribution in [0.5, 0.6) is 0 Å². The average Bonchev–Trinajstić information content (AvgIpc) is 3.81. The fraction of sp³-hybridized carbons (Fsp3) is 0.517. The van der Waals surface area contributed by atoms with E-state index in [0.29, 0.717) is 44.0 Å². The summed E-state index contributed by atoms with van der Waals surface area (Å²) < 4.78 is 34.9. The fourth-order valence-corrected chi connectivity index (χ4v) is 9.24. The number of hydrogen-bond acceptors (Lipinski definition) is 9. The van der Waals surface area contributed by atoms with Gasteiger partial charge in [-0.05, 0) is 61.8 Å². The Morgan fingerprint density at radius 3 is 2.75 bits per heavy atom. The highest BCUT2D eigenvalue weighted by Crippen LogP contribution is 2.31. The first kappa shape index (κ1) is 31.0. The standard InChI is InChI=1S/C29H35ClN6O6S2/c1-33(29(39)24-8-10-31-42-24)21-9-13-34(16-21)17-22-4-2-12-36(22)26(37)18-35-11-3-5-23(28(35)38)32-44(40,41)27-15-19-14-20(30)6-7-25(19)43-27/h6-8,10,14-15,21-23,32H,2-5,9,11-13,16-18H2,1H3/t21?,22-,23-/m0/s1. The quantitative estimate of drug-likeness (QED) is 0.370. The lowest BCUT2D eigenvalue weighted by atomic mass is 10.1. The summed E-state index contributed by atoms with van der Waals surface area (Å²) in [4.78, 5) is 46.8. The van der Waals surface area contributed by atoms with Crippen molar-refractivity contribution in [2.45, 2.75) is 54.4 Å². The molecule has 236 valence electrons. The molecule has 3 aromatic rings. The van der Waals surface area contributed by atoms with Crippen LogP contribution in [0, 0.1) is 0 Å². The maximum atomic E-state index is 13.5. The third-order valence-electron chi connectivity index (χ3n) is 8.81. The number of piperidine rings is 1. The zero-order valence-corrected chi connectivity index (χ0v) is 26.7. The Hall–Kier alpha value is -3.04. The molecule has 0 bridgehead atoms. The van der Waals surface area contributed by atoms with Crippen molar-refractivity contribution in [2.75, 3.05) is 46.3 Å². The minimum Gasteiger partial charge on any atom is -0.351 e. The molecule has 2 aromatic heterocycles. The van der Waals surface area contributed by atoms with Gasteiger partial charge in [0.1, 0.15) is 10.3 Å². The summed E-state index contributed by atoms with van der Waals surface area (Å²) in [5.41, 5.74) is 0. The number of likely N-dealkylation sites (N-methyl/N-ethyl adjacent to an activating group) is 1. The summed E-state index contributed by atoms with van der Waals surface area (Å²) in [6.07, 6.45) is 4.99. The predicted octanol–water partition coefficient (Wildman–Crippen LogP) is 2.65. The fourth-order valence-electron chi connectivity index (χ4n) is 6.44. The number of fused-ring (bicyclic) bond motifs is 1. The Morgan fingerprint density at radius 2 is 1.95 bits per heavy atom. The number of thiophene rings is 1. The number of nitrogens with zero attached hydrogens (tertiary/aromatic N) is 5. The van der Waals surface area contributed by atoms with Gasteiger partial charge in [-0.1, -0.05) is 16.8 Å². The van der Waals surface area contributed by atoms with Crippen LogP contribution in [0.15, 0.2) is 45.3 Å². The predicted molar refractivity (Wildman–Crippen MR) is 165 cm³/mol. The number of amides is 3. The molecule has 3 aliphatic heterocycles. The van der Waals surface area contributed by atoms with Gasteiger partial charge in [0.15, 0.2) is 0 Å². The highest BCUT2D eigenvalue weighted by Gasteiger charge is 2.38. The highest BCUT2D eigenvalue weighted by molar-refractivity contribution is 7.91. The van der Waals surface area contributed by atoms with Crippen LogP contribution in [0.2, 0.25) is 5.02 Å². The largest absolute Gasteiger partial charge is 0.351 e. The summed E-state index contributed by atoms with van der Waals surface area (Å²) in [6, 6.07) is 7.43. The van der Waals surface area contributed by atoms with Crippen molar-refractivity contribution in [3.05, 3.63) is 47.3 Å². The second-order valence-electron chi connectivity index (χ2n) is 11.7. The minimum absolute atomic E-state index is 0.0205. The molecule has 0 radical (unpaired) electrons. The molecule has 1 unspecified atom stereocenters. The van der Waals surface area contributed by atoms with Crippen LogP contribution in [0.4, 0.5) is 0 Å². The van der Waals surface area contributed by atoms with Gasteiger partial charge < -0.3 is 19.2 Å². The van der Waals surface area contributed by atoms with Crippen LogP contribution in [0.25, 0.3) is 10.1 Å². The normalized spacial score (nSPS) is 23.1. The lowest BCUT2D eigenvalue weighted by Crippen LogP contribution is -2.55. The molecule has 0 saturated carbocycles. The van der Waals surface area contributed by atoms with Crippen molar-refractivity contribution < 1.29 is 27.3 Å². The van der Waals surface area contributed by atoms with E-state index < -0.39 is 16.1 Å². The van der Waals surface area contributed by atoms with E-state index in [4.69, 9.17) is 16.1 Å². The Bertz CT molecular complexity index is 1650. The Morgan fingerprint density at radius 1 is 1.14 bits per heavy atom. The molecule has 3 amide bonds. The van der Waals surface area contributed by atoms with Gasteiger partial charge in [0.05, 0.1) is 12.7 Å². The lowest BCUT2D eigenvalue weighted by molar-refractivity contribution is -0.143. The van der Waals surface area contributed by atoms with Gasteiger partial charge in [-0.25, -0.2) is 8.42 Å². The first-order valence-corrected chi connectivity index (χ1v) is 17.5. The van der Waals surface area contributed by atoms with E-state index in [2.05, 4.69) is 14.8 Å². The molecular weight excluding hydrogens is 628 g/mol. The van der Waals surface area contributed by atoms with Crippen LogP contribution >= 0.6 is 22.9 Å². The molecule has 6 rings (SSSR count). The molecule has 12 nitrogen and oxygen atoms in total. The second kappa shape index (κ2) is 12.8. The molecule has 3 fully saturated rings. The van der Waals surface area contributed by atoms with Crippen LogP contribution in [-0.4, -0.2) is 115 Å². The summed E-state index contributed by atoms with van der Waals surface area (Å²) in [6.45, 7) is 3.17. The zero-order chi connectivity index (χ0) is 31.0. The number of halogens is 1. The summed E-state index contributed by atoms with van der Waals surface area (Å²) in [7, 11) is -2.17. The number of carbonyl (C=O) groups excluding carboxylic acids is 3. The molecular formula is C29H35ClN6O6S2. The number of likely N-dealkylation sites (tertiary alicyclic amines) is 3. The smallest absolute Gasteiger partial charge is 0.292 e. The van der Waals surface area contributed by atoms with Crippen LogP contribution < -0.4 is 4.72 Å². The molecule has 1 N–H and O–H groups in total. The first-order chi connectivity index (χ1) is 21.1. The van der Waals surface area contributed by atoms with Crippen molar-refractivity contribution in [2.24, 2.45) is 0 Å². The van der Waals surface area contributed by atoms with E-state index in [9.17, 15) is 22.8 Å². The average molecular weight is 663 g/mol. The molecule has 3 aliphatic rings. The Kier molecular flexibility index (Phi) is 8.98. The van der Waals surface area contributed by atoms with Crippen LogP contribution in [0.3, 0.4) is 0 Å². The van der Waals surface area contributed by atoms with Crippen molar-refractivity contribution in [1.29, 1.82) is 0 Å². The lowest BCUT2D eigenvalue weighted by Gasteiger charge is -2.35. The van der Waals surface area contributed by atoms with Gasteiger partial charge in [-0.2, -0.15) is 4.72 Å². The topological polar surface area (TPSA) is 136 Å². The van der Waals surface area contributed by atoms with Gasteiger partial charge in [-0.3, -0.25) is 19.3 Å². The van der Waals surface area contributed by atoms with Gasteiger partial charge in [0, 0.05) is 67.6 Å².